The van der Waals surface area contributed by atoms with Gasteiger partial charge in [-0.05, 0) is 212 Å². The molecule has 0 saturated heterocycles. The topological polar surface area (TPSA) is 467 Å². The SMILES string of the molecule is O=C([O-])c1cc(COc2ccc3c(c2)-c2nc4nc(nc5[nH]c([nH]c6nc(nc-3n2)-c2cc(OCc3cc(C(=O)[O-])cc(C(=O)[O-])c3)ccc2-6)c2cc(OCc3cc(C(=O)[O-])cc(C(=O)[O-])c3)ccc52)-c2cc(OCc3cc(C(=O)[O-])cc(C(=O)[O-])c3)ccc2-4)cc(C(=O)[O-])c1.[Na+].[Na+].[Na+].[Na+].[Na+].[Na+].[Na+].[Na+]. The number of aromatic nitrogens is 8. The number of hydrogen-bond acceptors (Lipinski definition) is 26. The summed E-state index contributed by atoms with van der Waals surface area (Å²) in [5.41, 5.74) is -0.467. The molecular weight excluding hydrogens is 1430 g/mol. The van der Waals surface area contributed by atoms with Crippen molar-refractivity contribution in [2.75, 3.05) is 0 Å². The van der Waals surface area contributed by atoms with E-state index in [4.69, 9.17) is 48.9 Å². The molecule has 0 atom stereocenters. The van der Waals surface area contributed by atoms with E-state index in [1.165, 1.54) is 54.6 Å². The molecule has 0 radical (unpaired) electrons. The summed E-state index contributed by atoms with van der Waals surface area (Å²) in [4.78, 5) is 131. The van der Waals surface area contributed by atoms with Crippen molar-refractivity contribution in [1.29, 1.82) is 0 Å². The van der Waals surface area contributed by atoms with Gasteiger partial charge in [-0.25, -0.2) is 29.9 Å². The number of aromatic amines is 2. The summed E-state index contributed by atoms with van der Waals surface area (Å²) in [6, 6.07) is 32.0. The molecule has 104 heavy (non-hydrogen) atoms. The number of ether oxygens (including phenoxy) is 4. The molecule has 0 unspecified atom stereocenters. The van der Waals surface area contributed by atoms with Crippen LogP contribution >= 0.6 is 0 Å². The third-order valence-corrected chi connectivity index (χ3v) is 15.2. The minimum atomic E-state index is -1.64. The molecule has 13 rings (SSSR count). The molecule has 8 aromatic carbocycles. The third kappa shape index (κ3) is 19.7. The van der Waals surface area contributed by atoms with Gasteiger partial charge in [0.15, 0.2) is 29.1 Å². The number of H-pyrrole nitrogens is 2. The number of benzene rings is 8. The fourth-order valence-electron chi connectivity index (χ4n) is 10.8. The Labute approximate surface area is 763 Å². The van der Waals surface area contributed by atoms with E-state index in [1.54, 1.807) is 66.7 Å². The van der Waals surface area contributed by atoms with Crippen LogP contribution in [0.2, 0.25) is 0 Å². The van der Waals surface area contributed by atoms with E-state index < -0.39 is 92.3 Å². The Morgan fingerprint density at radius 3 is 0.846 bits per heavy atom. The fourth-order valence-corrected chi connectivity index (χ4v) is 10.8. The van der Waals surface area contributed by atoms with Crippen LogP contribution in [0.1, 0.15) is 105 Å². The monoisotopic (exact) mass is 1470 g/mol. The molecule has 2 aromatic heterocycles. The van der Waals surface area contributed by atoms with Crippen molar-refractivity contribution < 1.29 is 335 Å². The first-order valence-corrected chi connectivity index (χ1v) is 28.2. The molecule has 3 aliphatic heterocycles. The number of carboxylic acid groups (broad SMARTS) is 8. The predicted molar refractivity (Wildman–Crippen MR) is 312 cm³/mol. The Balaban J connectivity index is 0.00000243. The zero-order valence-corrected chi connectivity index (χ0v) is 72.5. The van der Waals surface area contributed by atoms with Crippen molar-refractivity contribution in [3.05, 3.63) is 212 Å². The maximum absolute atomic E-state index is 11.9. The number of carbonyl (C=O) groups is 8. The number of rotatable bonds is 20. The summed E-state index contributed by atoms with van der Waals surface area (Å²) in [5, 5.41) is 95.7. The van der Waals surface area contributed by atoms with Crippen LogP contribution in [0, 0.1) is 0 Å². The zero-order valence-electron chi connectivity index (χ0n) is 56.5. The standard InChI is InChI=1S/C68H42N8O20.8Na/c77-61(78)33-9-29(10-34(17-33)62(79)80)25-93-41-1-5-45-49(21-41)57-69-53(45)73-58-50-22-42(94-26-30-11-35(63(81)82)18-36(12-30)64(83)84)2-6-46(50)55(70-58)75-60-52-24-44(96-28-32-15-39(67(89)90)20-40(16-32)68(91)92)4-8-48(52)56(72-60)76-59-51-23-43(3-7-47(51)54(71-59)74-57)95-27-31-13-37(65(85)86)19-38(14-31)66(87)88;;;;;;;;/h1-24H,25-28H2,(H,77,78)(H,79,80)(H,81,82)(H,83,84)(H,85,86)(H,87,88)(H,89,90)(H,91,92)(H2,69,70,71,72,73,74,75,76);;;;;;;;/q;8*+1/p-8. The average molecular weight is 1470 g/mol. The second-order valence-corrected chi connectivity index (χ2v) is 21.6. The van der Waals surface area contributed by atoms with Crippen LogP contribution in [-0.2, 0) is 26.4 Å². The normalized spacial score (nSPS) is 10.5. The second kappa shape index (κ2) is 37.7. The fraction of sp³-hybridized carbons (Fsp3) is 0.0588. The minimum absolute atomic E-state index is 0. The number of aromatic carboxylic acids is 8. The molecule has 0 saturated carbocycles. The Hall–Kier alpha value is -5.92. The summed E-state index contributed by atoms with van der Waals surface area (Å²) in [5.74, 6) is -12.2. The van der Waals surface area contributed by atoms with Gasteiger partial charge in [0, 0.05) is 44.2 Å². The van der Waals surface area contributed by atoms with Gasteiger partial charge in [-0.1, -0.05) is 0 Å². The average Bonchev–Trinajstić information content (AvgIpc) is 1.60. The van der Waals surface area contributed by atoms with Crippen LogP contribution in [0.4, 0.5) is 0 Å². The van der Waals surface area contributed by atoms with Crippen LogP contribution in [0.3, 0.4) is 0 Å². The van der Waals surface area contributed by atoms with Crippen LogP contribution in [0.15, 0.2) is 146 Å². The van der Waals surface area contributed by atoms with Gasteiger partial charge in [0.05, 0.1) is 47.8 Å². The Morgan fingerprint density at radius 1 is 0.269 bits per heavy atom. The predicted octanol–water partition coefficient (Wildman–Crippen LogP) is -24.0. The number of nitrogens with one attached hydrogen (secondary N) is 2. The molecule has 0 fully saturated rings. The summed E-state index contributed by atoms with van der Waals surface area (Å²) in [6.45, 7) is -1.38. The maximum atomic E-state index is 11.9. The summed E-state index contributed by atoms with van der Waals surface area (Å²) in [6.07, 6.45) is 0. The van der Waals surface area contributed by atoms with Crippen molar-refractivity contribution in [3.63, 3.8) is 0 Å². The number of carboxylic acids is 8. The van der Waals surface area contributed by atoms with Gasteiger partial charge in [0.2, 0.25) is 0 Å². The van der Waals surface area contributed by atoms with Crippen LogP contribution in [0.25, 0.3) is 90.4 Å². The van der Waals surface area contributed by atoms with Gasteiger partial charge < -0.3 is 108 Å². The van der Waals surface area contributed by atoms with E-state index in [-0.39, 0.29) is 354 Å². The second-order valence-electron chi connectivity index (χ2n) is 21.6. The molecule has 2 N–H and O–H groups in total. The van der Waals surface area contributed by atoms with Crippen molar-refractivity contribution in [2.45, 2.75) is 26.4 Å². The van der Waals surface area contributed by atoms with Crippen LogP contribution < -0.4 is 296 Å². The van der Waals surface area contributed by atoms with Crippen LogP contribution in [0.5, 0.6) is 23.0 Å². The summed E-state index contributed by atoms with van der Waals surface area (Å²) in [7, 11) is 0. The van der Waals surface area contributed by atoms with Crippen molar-refractivity contribution >= 4 is 69.8 Å². The van der Waals surface area contributed by atoms with E-state index >= 15 is 0 Å². The van der Waals surface area contributed by atoms with Crippen molar-refractivity contribution in [3.8, 4) is 91.3 Å². The number of carbonyl (C=O) groups excluding carboxylic acids is 8. The van der Waals surface area contributed by atoms with Gasteiger partial charge >= 0.3 is 236 Å². The first-order valence-electron chi connectivity index (χ1n) is 28.2. The zero-order chi connectivity index (χ0) is 67.4. The van der Waals surface area contributed by atoms with Gasteiger partial charge in [-0.3, -0.25) is 0 Å². The Bertz CT molecular complexity index is 5240. The molecule has 3 aliphatic rings. The Kier molecular flexibility index (Phi) is 32.2. The maximum Gasteiger partial charge on any atom is 1.00 e. The number of nitrogens with zero attached hydrogens (tertiary/aromatic N) is 6. The smallest absolute Gasteiger partial charge is 0.545 e. The van der Waals surface area contributed by atoms with Crippen molar-refractivity contribution in [1.82, 2.24) is 39.9 Å². The van der Waals surface area contributed by atoms with E-state index in [9.17, 15) is 79.2 Å². The molecule has 0 aliphatic carbocycles. The largest absolute Gasteiger partial charge is 1.00 e. The molecule has 10 aromatic rings. The van der Waals surface area contributed by atoms with Gasteiger partial charge in [0.1, 0.15) is 66.5 Å². The van der Waals surface area contributed by atoms with Crippen LogP contribution in [-0.4, -0.2) is 87.6 Å². The molecule has 28 nitrogen and oxygen atoms in total. The third-order valence-electron chi connectivity index (χ3n) is 15.2. The quantitative estimate of drug-likeness (QED) is 0.0669. The van der Waals surface area contributed by atoms with E-state index in [2.05, 4.69) is 9.97 Å². The van der Waals surface area contributed by atoms with Gasteiger partial charge in [-0.15, -0.1) is 0 Å². The van der Waals surface area contributed by atoms with Gasteiger partial charge in [0.25, 0.3) is 0 Å². The van der Waals surface area contributed by atoms with Crippen molar-refractivity contribution in [2.24, 2.45) is 0 Å². The first-order chi connectivity index (χ1) is 46.0. The molecule has 36 heteroatoms. The first kappa shape index (κ1) is 88.7. The number of fused-ring (bicyclic) bond motifs is 20. The molecule has 0 spiro atoms. The van der Waals surface area contributed by atoms with Gasteiger partial charge in [-0.2, -0.15) is 0 Å². The molecule has 8 bridgehead atoms. The summed E-state index contributed by atoms with van der Waals surface area (Å²) < 4.78 is 24.5. The summed E-state index contributed by atoms with van der Waals surface area (Å²) >= 11 is 0. The molecule has 0 amide bonds. The molecular formula is C68H34N8Na8O20. The Morgan fingerprint density at radius 2 is 0.529 bits per heavy atom. The van der Waals surface area contributed by atoms with E-state index in [0.717, 1.165) is 24.3 Å². The van der Waals surface area contributed by atoms with E-state index in [1.807, 2.05) is 0 Å². The number of hydrogen-bond donors (Lipinski definition) is 2. The molecule has 474 valence electrons. The van der Waals surface area contributed by atoms with E-state index in [0.29, 0.717) is 44.2 Å². The minimum Gasteiger partial charge on any atom is -0.545 e. The molecule has 5 heterocycles.